The number of hydrogen-bond acceptors (Lipinski definition) is 2. The van der Waals surface area contributed by atoms with E-state index >= 15 is 0 Å². The summed E-state index contributed by atoms with van der Waals surface area (Å²) in [5.74, 6) is 0. The predicted molar refractivity (Wildman–Crippen MR) is 74.4 cm³/mol. The molecule has 2 aromatic rings. The molecule has 0 saturated carbocycles. The first-order valence-electron chi connectivity index (χ1n) is 6.23. The van der Waals surface area contributed by atoms with E-state index in [1.807, 2.05) is 42.5 Å². The molecular formula is C16H20O2. The zero-order valence-electron chi connectivity index (χ0n) is 11.1. The zero-order chi connectivity index (χ0) is 13.4. The standard InChI is InChI=1S/C16H20O2/c1-15(2,17)11-16(3,18)14-10-6-8-12-7-4-5-9-13(12)14/h4-10,17-18H,11H2,1-3H3. The van der Waals surface area contributed by atoms with Crippen molar-refractivity contribution in [3.8, 4) is 0 Å². The second-order valence-electron chi connectivity index (χ2n) is 5.79. The summed E-state index contributed by atoms with van der Waals surface area (Å²) in [5, 5.41) is 22.7. The molecule has 2 rings (SSSR count). The van der Waals surface area contributed by atoms with Crippen molar-refractivity contribution in [2.45, 2.75) is 38.4 Å². The van der Waals surface area contributed by atoms with Crippen LogP contribution in [0.1, 0.15) is 32.8 Å². The minimum absolute atomic E-state index is 0.300. The molecule has 0 bridgehead atoms. The quantitative estimate of drug-likeness (QED) is 0.870. The van der Waals surface area contributed by atoms with E-state index in [1.165, 1.54) is 0 Å². The third-order valence-electron chi connectivity index (χ3n) is 3.15. The topological polar surface area (TPSA) is 40.5 Å². The van der Waals surface area contributed by atoms with Crippen LogP contribution >= 0.6 is 0 Å². The van der Waals surface area contributed by atoms with Gasteiger partial charge in [-0.15, -0.1) is 0 Å². The van der Waals surface area contributed by atoms with Crippen LogP contribution in [0.4, 0.5) is 0 Å². The van der Waals surface area contributed by atoms with Crippen molar-refractivity contribution in [2.75, 3.05) is 0 Å². The van der Waals surface area contributed by atoms with Crippen molar-refractivity contribution in [2.24, 2.45) is 0 Å². The largest absolute Gasteiger partial charge is 0.390 e. The Bertz CT molecular complexity index is 545. The average molecular weight is 244 g/mol. The maximum absolute atomic E-state index is 10.7. The highest BCUT2D eigenvalue weighted by Gasteiger charge is 2.31. The molecule has 0 aromatic heterocycles. The third-order valence-corrected chi connectivity index (χ3v) is 3.15. The van der Waals surface area contributed by atoms with Crippen molar-refractivity contribution < 1.29 is 10.2 Å². The van der Waals surface area contributed by atoms with Crippen LogP contribution in [0.2, 0.25) is 0 Å². The molecule has 0 aliphatic rings. The van der Waals surface area contributed by atoms with E-state index in [0.717, 1.165) is 16.3 Å². The summed E-state index contributed by atoms with van der Waals surface area (Å²) in [4.78, 5) is 0. The van der Waals surface area contributed by atoms with Crippen LogP contribution in [0.15, 0.2) is 42.5 Å². The number of benzene rings is 2. The van der Waals surface area contributed by atoms with E-state index in [-0.39, 0.29) is 0 Å². The fraction of sp³-hybridized carbons (Fsp3) is 0.375. The summed E-state index contributed by atoms with van der Waals surface area (Å²) in [6.07, 6.45) is 0.300. The molecule has 2 N–H and O–H groups in total. The maximum Gasteiger partial charge on any atom is 0.0901 e. The molecule has 0 heterocycles. The lowest BCUT2D eigenvalue weighted by Crippen LogP contribution is -2.33. The minimum atomic E-state index is -1.04. The predicted octanol–water partition coefficient (Wildman–Crippen LogP) is 3.21. The Morgan fingerprint density at radius 1 is 0.889 bits per heavy atom. The summed E-state index contributed by atoms with van der Waals surface area (Å²) in [5.41, 5.74) is -1.08. The Kier molecular flexibility index (Phi) is 3.18. The van der Waals surface area contributed by atoms with E-state index in [1.54, 1.807) is 20.8 Å². The molecule has 0 aliphatic heterocycles. The first-order chi connectivity index (χ1) is 8.30. The molecule has 0 saturated heterocycles. The average Bonchev–Trinajstić information content (AvgIpc) is 2.25. The second-order valence-corrected chi connectivity index (χ2v) is 5.79. The van der Waals surface area contributed by atoms with Gasteiger partial charge in [-0.1, -0.05) is 42.5 Å². The molecule has 0 radical (unpaired) electrons. The Balaban J connectivity index is 2.53. The van der Waals surface area contributed by atoms with Crippen LogP contribution in [0.3, 0.4) is 0 Å². The lowest BCUT2D eigenvalue weighted by molar-refractivity contribution is -0.0381. The van der Waals surface area contributed by atoms with Crippen molar-refractivity contribution >= 4 is 10.8 Å². The van der Waals surface area contributed by atoms with Crippen LogP contribution in [-0.4, -0.2) is 15.8 Å². The molecule has 0 fully saturated rings. The molecule has 0 aliphatic carbocycles. The summed E-state index contributed by atoms with van der Waals surface area (Å²) >= 11 is 0. The third kappa shape index (κ3) is 2.71. The Labute approximate surface area is 108 Å². The van der Waals surface area contributed by atoms with E-state index < -0.39 is 11.2 Å². The van der Waals surface area contributed by atoms with E-state index in [4.69, 9.17) is 0 Å². The monoisotopic (exact) mass is 244 g/mol. The van der Waals surface area contributed by atoms with Crippen molar-refractivity contribution in [3.63, 3.8) is 0 Å². The van der Waals surface area contributed by atoms with Crippen molar-refractivity contribution in [1.82, 2.24) is 0 Å². The minimum Gasteiger partial charge on any atom is -0.390 e. The van der Waals surface area contributed by atoms with Gasteiger partial charge in [-0.05, 0) is 37.1 Å². The molecule has 1 atom stereocenters. The van der Waals surface area contributed by atoms with Gasteiger partial charge in [0.15, 0.2) is 0 Å². The molecule has 2 aromatic carbocycles. The van der Waals surface area contributed by atoms with Gasteiger partial charge in [-0.25, -0.2) is 0 Å². The molecule has 0 amide bonds. The van der Waals surface area contributed by atoms with Crippen molar-refractivity contribution in [1.29, 1.82) is 0 Å². The van der Waals surface area contributed by atoms with Gasteiger partial charge in [0.25, 0.3) is 0 Å². The van der Waals surface area contributed by atoms with Crippen LogP contribution in [0, 0.1) is 0 Å². The van der Waals surface area contributed by atoms with Gasteiger partial charge in [0.1, 0.15) is 0 Å². The molecule has 96 valence electrons. The van der Waals surface area contributed by atoms with Gasteiger partial charge in [-0.3, -0.25) is 0 Å². The van der Waals surface area contributed by atoms with E-state index in [9.17, 15) is 10.2 Å². The normalized spacial score (nSPS) is 15.6. The van der Waals surface area contributed by atoms with Gasteiger partial charge in [-0.2, -0.15) is 0 Å². The molecule has 18 heavy (non-hydrogen) atoms. The first-order valence-corrected chi connectivity index (χ1v) is 6.23. The summed E-state index contributed by atoms with van der Waals surface area (Å²) in [6.45, 7) is 5.19. The molecule has 0 spiro atoms. The Morgan fingerprint density at radius 3 is 2.17 bits per heavy atom. The summed E-state index contributed by atoms with van der Waals surface area (Å²) in [7, 11) is 0. The lowest BCUT2D eigenvalue weighted by Gasteiger charge is -2.31. The summed E-state index contributed by atoms with van der Waals surface area (Å²) < 4.78 is 0. The summed E-state index contributed by atoms with van der Waals surface area (Å²) in [6, 6.07) is 13.9. The van der Waals surface area contributed by atoms with Gasteiger partial charge < -0.3 is 10.2 Å². The van der Waals surface area contributed by atoms with Crippen LogP contribution in [0.5, 0.6) is 0 Å². The van der Waals surface area contributed by atoms with Gasteiger partial charge in [0.05, 0.1) is 11.2 Å². The molecule has 2 nitrogen and oxygen atoms in total. The molecule has 1 unspecified atom stereocenters. The Hall–Kier alpha value is -1.38. The molecule has 2 heteroatoms. The number of fused-ring (bicyclic) bond motifs is 1. The molecular weight excluding hydrogens is 224 g/mol. The van der Waals surface area contributed by atoms with E-state index in [0.29, 0.717) is 6.42 Å². The highest BCUT2D eigenvalue weighted by molar-refractivity contribution is 5.86. The van der Waals surface area contributed by atoms with E-state index in [2.05, 4.69) is 0 Å². The van der Waals surface area contributed by atoms with Gasteiger partial charge >= 0.3 is 0 Å². The van der Waals surface area contributed by atoms with Crippen LogP contribution in [-0.2, 0) is 5.60 Å². The second kappa shape index (κ2) is 4.38. The SMILES string of the molecule is CC(C)(O)CC(C)(O)c1cccc2ccccc12. The lowest BCUT2D eigenvalue weighted by atomic mass is 9.83. The highest BCUT2D eigenvalue weighted by Crippen LogP contribution is 2.34. The van der Waals surface area contributed by atoms with Gasteiger partial charge in [0, 0.05) is 6.42 Å². The zero-order valence-corrected chi connectivity index (χ0v) is 11.1. The fourth-order valence-electron chi connectivity index (χ4n) is 2.63. The van der Waals surface area contributed by atoms with Gasteiger partial charge in [0.2, 0.25) is 0 Å². The number of hydrogen-bond donors (Lipinski definition) is 2. The van der Waals surface area contributed by atoms with Crippen molar-refractivity contribution in [3.05, 3.63) is 48.0 Å². The van der Waals surface area contributed by atoms with Crippen LogP contribution < -0.4 is 0 Å². The number of aliphatic hydroxyl groups is 2. The maximum atomic E-state index is 10.7. The highest BCUT2D eigenvalue weighted by atomic mass is 16.3. The number of rotatable bonds is 3. The smallest absolute Gasteiger partial charge is 0.0901 e. The first kappa shape index (κ1) is 13.1. The van der Waals surface area contributed by atoms with Crippen LogP contribution in [0.25, 0.3) is 10.8 Å². The fourth-order valence-corrected chi connectivity index (χ4v) is 2.63. The Morgan fingerprint density at radius 2 is 1.50 bits per heavy atom.